The summed E-state index contributed by atoms with van der Waals surface area (Å²) in [5.74, 6) is -0.424. The minimum absolute atomic E-state index is 0.192. The van der Waals surface area contributed by atoms with Gasteiger partial charge in [-0.15, -0.1) is 0 Å². The van der Waals surface area contributed by atoms with Crippen molar-refractivity contribution in [1.29, 1.82) is 0 Å². The van der Waals surface area contributed by atoms with Crippen molar-refractivity contribution >= 4 is 5.97 Å². The van der Waals surface area contributed by atoms with Gasteiger partial charge in [0.2, 0.25) is 0 Å². The van der Waals surface area contributed by atoms with E-state index in [4.69, 9.17) is 15.3 Å². The maximum Gasteiger partial charge on any atom is 0.339 e. The number of nitrogens with two attached hydrogens (primary N) is 1. The summed E-state index contributed by atoms with van der Waals surface area (Å²) in [5, 5.41) is 8.93. The summed E-state index contributed by atoms with van der Waals surface area (Å²) in [6.45, 7) is 2.29. The number of aromatic carboxylic acids is 1. The topological polar surface area (TPSA) is 79.7 Å². The SMILES string of the molecule is NC1CCCN(Cc2occc2C(=O)O)C1. The van der Waals surface area contributed by atoms with Crippen molar-refractivity contribution in [2.75, 3.05) is 13.1 Å². The first-order chi connectivity index (χ1) is 7.66. The molecule has 88 valence electrons. The Labute approximate surface area is 93.8 Å². The number of carbonyl (C=O) groups is 1. The lowest BCUT2D eigenvalue weighted by Gasteiger charge is -2.29. The van der Waals surface area contributed by atoms with Gasteiger partial charge in [0.15, 0.2) is 0 Å². The van der Waals surface area contributed by atoms with Gasteiger partial charge < -0.3 is 15.3 Å². The standard InChI is InChI=1S/C11H16N2O3/c12-8-2-1-4-13(6-8)7-10-9(11(14)15)3-5-16-10/h3,5,8H,1-2,4,6-7,12H2,(H,14,15). The van der Waals surface area contributed by atoms with Crippen molar-refractivity contribution in [3.05, 3.63) is 23.7 Å². The number of carboxylic acids is 1. The van der Waals surface area contributed by atoms with Crippen LogP contribution in [-0.4, -0.2) is 35.1 Å². The molecule has 1 aliphatic rings. The van der Waals surface area contributed by atoms with E-state index in [1.165, 1.54) is 12.3 Å². The molecule has 0 spiro atoms. The third-order valence-electron chi connectivity index (χ3n) is 2.89. The number of carboxylic acid groups (broad SMARTS) is 1. The summed E-state index contributed by atoms with van der Waals surface area (Å²) in [6, 6.07) is 1.68. The summed E-state index contributed by atoms with van der Waals surface area (Å²) in [5.41, 5.74) is 6.11. The Morgan fingerprint density at radius 3 is 3.19 bits per heavy atom. The molecule has 5 nitrogen and oxygen atoms in total. The van der Waals surface area contributed by atoms with Gasteiger partial charge >= 0.3 is 5.97 Å². The molecular formula is C11H16N2O3. The largest absolute Gasteiger partial charge is 0.478 e. The summed E-state index contributed by atoms with van der Waals surface area (Å²) in [4.78, 5) is 13.0. The molecule has 1 aromatic rings. The monoisotopic (exact) mass is 224 g/mol. The third-order valence-corrected chi connectivity index (χ3v) is 2.89. The predicted octanol–water partition coefficient (Wildman–Crippen LogP) is 0.901. The zero-order valence-electron chi connectivity index (χ0n) is 9.06. The van der Waals surface area contributed by atoms with Gasteiger partial charge in [-0.3, -0.25) is 4.90 Å². The average Bonchev–Trinajstić information content (AvgIpc) is 2.66. The maximum absolute atomic E-state index is 10.9. The van der Waals surface area contributed by atoms with Crippen molar-refractivity contribution < 1.29 is 14.3 Å². The zero-order valence-corrected chi connectivity index (χ0v) is 9.06. The molecule has 5 heteroatoms. The molecule has 16 heavy (non-hydrogen) atoms. The lowest BCUT2D eigenvalue weighted by atomic mass is 10.1. The molecule has 1 atom stereocenters. The van der Waals surface area contributed by atoms with Crippen LogP contribution in [0.3, 0.4) is 0 Å². The molecule has 1 saturated heterocycles. The smallest absolute Gasteiger partial charge is 0.339 e. The molecule has 0 amide bonds. The van der Waals surface area contributed by atoms with Crippen LogP contribution in [0.2, 0.25) is 0 Å². The fourth-order valence-corrected chi connectivity index (χ4v) is 2.09. The van der Waals surface area contributed by atoms with Crippen LogP contribution < -0.4 is 5.73 Å². The van der Waals surface area contributed by atoms with E-state index in [2.05, 4.69) is 4.90 Å². The second-order valence-corrected chi connectivity index (χ2v) is 4.20. The maximum atomic E-state index is 10.9. The first kappa shape index (κ1) is 11.2. The number of rotatable bonds is 3. The van der Waals surface area contributed by atoms with Crippen molar-refractivity contribution in [3.63, 3.8) is 0 Å². The fourth-order valence-electron chi connectivity index (χ4n) is 2.09. The Hall–Kier alpha value is -1.33. The molecule has 0 saturated carbocycles. The van der Waals surface area contributed by atoms with Gasteiger partial charge in [-0.1, -0.05) is 0 Å². The van der Waals surface area contributed by atoms with Gasteiger partial charge in [-0.2, -0.15) is 0 Å². The molecular weight excluding hydrogens is 208 g/mol. The van der Waals surface area contributed by atoms with Gasteiger partial charge in [0.1, 0.15) is 11.3 Å². The Morgan fingerprint density at radius 1 is 1.69 bits per heavy atom. The highest BCUT2D eigenvalue weighted by atomic mass is 16.4. The number of nitrogens with zero attached hydrogens (tertiary/aromatic N) is 1. The van der Waals surface area contributed by atoms with E-state index in [1.54, 1.807) is 0 Å². The molecule has 0 radical (unpaired) electrons. The van der Waals surface area contributed by atoms with Crippen LogP contribution in [0, 0.1) is 0 Å². The summed E-state index contributed by atoms with van der Waals surface area (Å²) in [6.07, 6.45) is 3.52. The highest BCUT2D eigenvalue weighted by molar-refractivity contribution is 5.88. The van der Waals surface area contributed by atoms with Crippen LogP contribution in [0.25, 0.3) is 0 Å². The van der Waals surface area contributed by atoms with Crippen LogP contribution in [0.5, 0.6) is 0 Å². The molecule has 2 rings (SSSR count). The molecule has 1 aliphatic heterocycles. The first-order valence-corrected chi connectivity index (χ1v) is 5.44. The Balaban J connectivity index is 2.02. The Kier molecular flexibility index (Phi) is 3.26. The van der Waals surface area contributed by atoms with E-state index in [9.17, 15) is 4.79 Å². The van der Waals surface area contributed by atoms with Crippen LogP contribution in [0.15, 0.2) is 16.7 Å². The minimum Gasteiger partial charge on any atom is -0.478 e. The normalized spacial score (nSPS) is 22.2. The first-order valence-electron chi connectivity index (χ1n) is 5.44. The van der Waals surface area contributed by atoms with Crippen LogP contribution in [0.4, 0.5) is 0 Å². The molecule has 1 aromatic heterocycles. The second kappa shape index (κ2) is 4.67. The van der Waals surface area contributed by atoms with Crippen molar-refractivity contribution in [2.24, 2.45) is 5.73 Å². The van der Waals surface area contributed by atoms with Crippen LogP contribution in [-0.2, 0) is 6.54 Å². The fraction of sp³-hybridized carbons (Fsp3) is 0.545. The van der Waals surface area contributed by atoms with E-state index in [-0.39, 0.29) is 11.6 Å². The minimum atomic E-state index is -0.940. The van der Waals surface area contributed by atoms with E-state index in [1.807, 2.05) is 0 Å². The quantitative estimate of drug-likeness (QED) is 0.797. The molecule has 1 unspecified atom stereocenters. The van der Waals surface area contributed by atoms with Gasteiger partial charge in [-0.05, 0) is 25.5 Å². The Morgan fingerprint density at radius 2 is 2.50 bits per heavy atom. The van der Waals surface area contributed by atoms with E-state index >= 15 is 0 Å². The van der Waals surface area contributed by atoms with E-state index in [0.717, 1.165) is 25.9 Å². The van der Waals surface area contributed by atoms with E-state index < -0.39 is 5.97 Å². The number of piperidine rings is 1. The van der Waals surface area contributed by atoms with Crippen molar-refractivity contribution in [2.45, 2.75) is 25.4 Å². The highest BCUT2D eigenvalue weighted by Gasteiger charge is 2.20. The van der Waals surface area contributed by atoms with Crippen molar-refractivity contribution in [3.8, 4) is 0 Å². The molecule has 1 fully saturated rings. The molecule has 0 aliphatic carbocycles. The second-order valence-electron chi connectivity index (χ2n) is 4.20. The van der Waals surface area contributed by atoms with Crippen LogP contribution in [0.1, 0.15) is 29.0 Å². The molecule has 2 heterocycles. The molecule has 3 N–H and O–H groups in total. The van der Waals surface area contributed by atoms with Gasteiger partial charge in [0.25, 0.3) is 0 Å². The third kappa shape index (κ3) is 2.43. The predicted molar refractivity (Wildman–Crippen MR) is 58.2 cm³/mol. The summed E-state index contributed by atoms with van der Waals surface area (Å²) < 4.78 is 5.20. The van der Waals surface area contributed by atoms with Gasteiger partial charge in [0, 0.05) is 12.6 Å². The van der Waals surface area contributed by atoms with E-state index in [0.29, 0.717) is 12.3 Å². The number of hydrogen-bond donors (Lipinski definition) is 2. The van der Waals surface area contributed by atoms with Gasteiger partial charge in [0.05, 0.1) is 12.8 Å². The Bertz CT molecular complexity index is 375. The number of likely N-dealkylation sites (tertiary alicyclic amines) is 1. The number of furan rings is 1. The average molecular weight is 224 g/mol. The van der Waals surface area contributed by atoms with Crippen LogP contribution >= 0.6 is 0 Å². The molecule has 0 bridgehead atoms. The number of hydrogen-bond acceptors (Lipinski definition) is 4. The lowest BCUT2D eigenvalue weighted by molar-refractivity contribution is 0.0692. The summed E-state index contributed by atoms with van der Waals surface area (Å²) in [7, 11) is 0. The van der Waals surface area contributed by atoms with Gasteiger partial charge in [-0.25, -0.2) is 4.79 Å². The summed E-state index contributed by atoms with van der Waals surface area (Å²) >= 11 is 0. The molecule has 0 aromatic carbocycles. The highest BCUT2D eigenvalue weighted by Crippen LogP contribution is 2.16. The lowest BCUT2D eigenvalue weighted by Crippen LogP contribution is -2.42. The zero-order chi connectivity index (χ0) is 11.5. The van der Waals surface area contributed by atoms with Crippen molar-refractivity contribution in [1.82, 2.24) is 4.90 Å².